The molecule has 0 spiro atoms. The van der Waals surface area contributed by atoms with Gasteiger partial charge in [-0.25, -0.2) is 0 Å². The van der Waals surface area contributed by atoms with E-state index in [1.807, 2.05) is 19.9 Å². The van der Waals surface area contributed by atoms with E-state index in [1.54, 1.807) is 11.8 Å². The summed E-state index contributed by atoms with van der Waals surface area (Å²) in [7, 11) is 0. The molecule has 1 amide bonds. The molecule has 0 heterocycles. The molecule has 4 heteroatoms. The summed E-state index contributed by atoms with van der Waals surface area (Å²) in [6, 6.07) is 0. The van der Waals surface area contributed by atoms with Crippen LogP contribution in [0, 0.1) is 5.92 Å². The molecule has 0 radical (unpaired) electrons. The maximum absolute atomic E-state index is 11.5. The van der Waals surface area contributed by atoms with Crippen LogP contribution in [-0.4, -0.2) is 37.0 Å². The predicted octanol–water partition coefficient (Wildman–Crippen LogP) is 1.27. The Morgan fingerprint density at radius 2 is 2.33 bits per heavy atom. The van der Waals surface area contributed by atoms with Crippen LogP contribution >= 0.6 is 11.8 Å². The Morgan fingerprint density at radius 3 is 2.93 bits per heavy atom. The number of carbonyl (C=O) groups excluding carboxylic acids is 1. The van der Waals surface area contributed by atoms with Gasteiger partial charge in [-0.1, -0.05) is 19.9 Å². The van der Waals surface area contributed by atoms with Gasteiger partial charge >= 0.3 is 0 Å². The smallest absolute Gasteiger partial charge is 0.224 e. The zero-order valence-electron chi connectivity index (χ0n) is 9.71. The highest BCUT2D eigenvalue weighted by Gasteiger charge is 2.10. The zero-order valence-corrected chi connectivity index (χ0v) is 10.5. The standard InChI is InChI=1S/C11H22N2OS/c1-4-7-15-8-6-13-11(14)10(3)9-12-5-2/h4,10,12H,1,5-9H2,2-3H3,(H,13,14). The number of carbonyl (C=O) groups is 1. The molecular formula is C11H22N2OS. The Kier molecular flexibility index (Phi) is 9.73. The lowest BCUT2D eigenvalue weighted by Gasteiger charge is -2.11. The van der Waals surface area contributed by atoms with Crippen LogP contribution in [0.25, 0.3) is 0 Å². The third-order valence-corrected chi connectivity index (χ3v) is 2.89. The molecule has 15 heavy (non-hydrogen) atoms. The summed E-state index contributed by atoms with van der Waals surface area (Å²) in [4.78, 5) is 11.5. The minimum absolute atomic E-state index is 0.0503. The molecule has 0 aromatic rings. The summed E-state index contributed by atoms with van der Waals surface area (Å²) in [5.41, 5.74) is 0. The van der Waals surface area contributed by atoms with Crippen molar-refractivity contribution in [1.82, 2.24) is 10.6 Å². The molecule has 0 bridgehead atoms. The Labute approximate surface area is 97.1 Å². The summed E-state index contributed by atoms with van der Waals surface area (Å²) in [5, 5.41) is 6.08. The fourth-order valence-electron chi connectivity index (χ4n) is 1.04. The number of hydrogen-bond acceptors (Lipinski definition) is 3. The predicted molar refractivity (Wildman–Crippen MR) is 68.2 cm³/mol. The second-order valence-corrected chi connectivity index (χ2v) is 4.51. The molecule has 1 unspecified atom stereocenters. The molecule has 0 aliphatic heterocycles. The summed E-state index contributed by atoms with van der Waals surface area (Å²) in [6.07, 6.45) is 1.88. The number of rotatable bonds is 9. The van der Waals surface area contributed by atoms with Crippen LogP contribution in [0.3, 0.4) is 0 Å². The van der Waals surface area contributed by atoms with Gasteiger partial charge in [-0.2, -0.15) is 11.8 Å². The van der Waals surface area contributed by atoms with Gasteiger partial charge in [-0.3, -0.25) is 4.79 Å². The van der Waals surface area contributed by atoms with Crippen LogP contribution in [0.15, 0.2) is 12.7 Å². The third-order valence-electron chi connectivity index (χ3n) is 1.93. The summed E-state index contributed by atoms with van der Waals surface area (Å²) in [5.74, 6) is 2.08. The van der Waals surface area contributed by atoms with E-state index in [-0.39, 0.29) is 11.8 Å². The van der Waals surface area contributed by atoms with Crippen LogP contribution in [0.2, 0.25) is 0 Å². The molecule has 0 aromatic carbocycles. The Morgan fingerprint density at radius 1 is 1.60 bits per heavy atom. The van der Waals surface area contributed by atoms with Gasteiger partial charge in [-0.05, 0) is 6.54 Å². The summed E-state index contributed by atoms with van der Waals surface area (Å²) >= 11 is 1.78. The van der Waals surface area contributed by atoms with Crippen LogP contribution in [0.1, 0.15) is 13.8 Å². The number of amides is 1. The van der Waals surface area contributed by atoms with E-state index in [4.69, 9.17) is 0 Å². The van der Waals surface area contributed by atoms with Crippen molar-refractivity contribution in [2.75, 3.05) is 31.1 Å². The molecule has 0 fully saturated rings. The van der Waals surface area contributed by atoms with Gasteiger partial charge in [0, 0.05) is 30.5 Å². The fraction of sp³-hybridized carbons (Fsp3) is 0.727. The van der Waals surface area contributed by atoms with E-state index in [9.17, 15) is 4.79 Å². The summed E-state index contributed by atoms with van der Waals surface area (Å²) < 4.78 is 0. The van der Waals surface area contributed by atoms with Gasteiger partial charge in [-0.15, -0.1) is 6.58 Å². The first-order valence-corrected chi connectivity index (χ1v) is 6.54. The van der Waals surface area contributed by atoms with Gasteiger partial charge in [0.2, 0.25) is 5.91 Å². The van der Waals surface area contributed by atoms with Crippen molar-refractivity contribution in [1.29, 1.82) is 0 Å². The highest BCUT2D eigenvalue weighted by Crippen LogP contribution is 1.98. The second kappa shape index (κ2) is 10.1. The van der Waals surface area contributed by atoms with Gasteiger partial charge in [0.1, 0.15) is 0 Å². The molecular weight excluding hydrogens is 208 g/mol. The SMILES string of the molecule is C=CCSCCNC(=O)C(C)CNCC. The average molecular weight is 230 g/mol. The van der Waals surface area contributed by atoms with Gasteiger partial charge in [0.15, 0.2) is 0 Å². The normalized spacial score (nSPS) is 12.1. The van der Waals surface area contributed by atoms with Gasteiger partial charge in [0.25, 0.3) is 0 Å². The van der Waals surface area contributed by atoms with Crippen LogP contribution in [-0.2, 0) is 4.79 Å². The van der Waals surface area contributed by atoms with E-state index < -0.39 is 0 Å². The van der Waals surface area contributed by atoms with Crippen LogP contribution < -0.4 is 10.6 Å². The van der Waals surface area contributed by atoms with Gasteiger partial charge < -0.3 is 10.6 Å². The van der Waals surface area contributed by atoms with Crippen molar-refractivity contribution in [3.05, 3.63) is 12.7 Å². The maximum Gasteiger partial charge on any atom is 0.224 e. The first kappa shape index (κ1) is 14.5. The monoisotopic (exact) mass is 230 g/mol. The molecule has 88 valence electrons. The van der Waals surface area contributed by atoms with Crippen molar-refractivity contribution < 1.29 is 4.79 Å². The Hall–Kier alpha value is -0.480. The lowest BCUT2D eigenvalue weighted by Crippen LogP contribution is -2.36. The number of hydrogen-bond donors (Lipinski definition) is 2. The quantitative estimate of drug-likeness (QED) is 0.463. The highest BCUT2D eigenvalue weighted by molar-refractivity contribution is 7.99. The minimum atomic E-state index is 0.0503. The lowest BCUT2D eigenvalue weighted by molar-refractivity contribution is -0.124. The number of nitrogens with one attached hydrogen (secondary N) is 2. The van der Waals surface area contributed by atoms with E-state index in [2.05, 4.69) is 17.2 Å². The highest BCUT2D eigenvalue weighted by atomic mass is 32.2. The van der Waals surface area contributed by atoms with Crippen molar-refractivity contribution in [3.63, 3.8) is 0 Å². The number of thioether (sulfide) groups is 1. The first-order valence-electron chi connectivity index (χ1n) is 5.39. The van der Waals surface area contributed by atoms with Crippen molar-refractivity contribution in [3.8, 4) is 0 Å². The Balaban J connectivity index is 3.42. The molecule has 0 aliphatic rings. The summed E-state index contributed by atoms with van der Waals surface area (Å²) in [6.45, 7) is 10.0. The first-order chi connectivity index (χ1) is 7.22. The lowest BCUT2D eigenvalue weighted by atomic mass is 10.1. The maximum atomic E-state index is 11.5. The zero-order chi connectivity index (χ0) is 11.5. The topological polar surface area (TPSA) is 41.1 Å². The molecule has 1 atom stereocenters. The molecule has 0 aliphatic carbocycles. The van der Waals surface area contributed by atoms with E-state index in [0.29, 0.717) is 0 Å². The fourth-order valence-corrected chi connectivity index (χ4v) is 1.62. The molecule has 2 N–H and O–H groups in total. The third kappa shape index (κ3) is 8.51. The van der Waals surface area contributed by atoms with Crippen LogP contribution in [0.4, 0.5) is 0 Å². The molecule has 3 nitrogen and oxygen atoms in total. The van der Waals surface area contributed by atoms with E-state index in [1.165, 1.54) is 0 Å². The Bertz CT molecular complexity index is 185. The van der Waals surface area contributed by atoms with E-state index >= 15 is 0 Å². The van der Waals surface area contributed by atoms with Crippen molar-refractivity contribution in [2.45, 2.75) is 13.8 Å². The van der Waals surface area contributed by atoms with Crippen molar-refractivity contribution in [2.24, 2.45) is 5.92 Å². The van der Waals surface area contributed by atoms with Crippen molar-refractivity contribution >= 4 is 17.7 Å². The molecule has 0 aromatic heterocycles. The average Bonchev–Trinajstić information content (AvgIpc) is 2.25. The van der Waals surface area contributed by atoms with Gasteiger partial charge in [0.05, 0.1) is 0 Å². The second-order valence-electron chi connectivity index (χ2n) is 3.36. The van der Waals surface area contributed by atoms with E-state index in [0.717, 1.165) is 31.1 Å². The molecule has 0 saturated heterocycles. The molecule has 0 rings (SSSR count). The molecule has 0 saturated carbocycles. The van der Waals surface area contributed by atoms with Crippen LogP contribution in [0.5, 0.6) is 0 Å². The minimum Gasteiger partial charge on any atom is -0.355 e. The largest absolute Gasteiger partial charge is 0.355 e.